The van der Waals surface area contributed by atoms with Gasteiger partial charge in [-0.25, -0.2) is 0 Å². The van der Waals surface area contributed by atoms with Gasteiger partial charge in [0.15, 0.2) is 0 Å². The van der Waals surface area contributed by atoms with Gasteiger partial charge in [0.25, 0.3) is 0 Å². The highest BCUT2D eigenvalue weighted by molar-refractivity contribution is 7.10. The molecule has 0 radical (unpaired) electrons. The van der Waals surface area contributed by atoms with Crippen molar-refractivity contribution >= 4 is 23.2 Å². The van der Waals surface area contributed by atoms with E-state index in [9.17, 15) is 14.7 Å². The van der Waals surface area contributed by atoms with E-state index in [-0.39, 0.29) is 17.7 Å². The number of aliphatic hydroxyl groups is 1. The van der Waals surface area contributed by atoms with Crippen molar-refractivity contribution in [2.75, 3.05) is 7.05 Å². The monoisotopic (exact) mass is 310 g/mol. The number of thiophene rings is 1. The van der Waals surface area contributed by atoms with E-state index in [1.807, 2.05) is 18.4 Å². The fourth-order valence-electron chi connectivity index (χ4n) is 2.10. The van der Waals surface area contributed by atoms with Crippen LogP contribution in [-0.2, 0) is 16.1 Å². The molecule has 0 saturated heterocycles. The number of amides is 2. The van der Waals surface area contributed by atoms with Crippen LogP contribution in [0, 0.1) is 12.8 Å². The summed E-state index contributed by atoms with van der Waals surface area (Å²) in [6, 6.07) is 1.14. The largest absolute Gasteiger partial charge is 0.391 e. The van der Waals surface area contributed by atoms with Gasteiger partial charge in [-0.3, -0.25) is 9.59 Å². The molecule has 5 nitrogen and oxygen atoms in total. The van der Waals surface area contributed by atoms with Crippen molar-refractivity contribution < 1.29 is 14.7 Å². The van der Waals surface area contributed by atoms with Crippen LogP contribution in [0.15, 0.2) is 11.4 Å². The third kappa shape index (κ3) is 4.04. The molecule has 2 atom stereocenters. The molecule has 1 aliphatic rings. The number of carbonyl (C=O) groups is 2. The van der Waals surface area contributed by atoms with Crippen LogP contribution in [0.4, 0.5) is 0 Å². The Kier molecular flexibility index (Phi) is 5.00. The molecule has 0 bridgehead atoms. The fraction of sp³-hybridized carbons (Fsp3) is 0.600. The average Bonchev–Trinajstić information content (AvgIpc) is 3.20. The summed E-state index contributed by atoms with van der Waals surface area (Å²) in [5.41, 5.74) is 1.15. The van der Waals surface area contributed by atoms with E-state index in [1.54, 1.807) is 23.3 Å². The van der Waals surface area contributed by atoms with Gasteiger partial charge in [-0.15, -0.1) is 11.3 Å². The molecule has 2 N–H and O–H groups in total. The average molecular weight is 310 g/mol. The number of aryl methyl sites for hydroxylation is 1. The van der Waals surface area contributed by atoms with Gasteiger partial charge in [-0.1, -0.05) is 0 Å². The molecule has 2 amide bonds. The smallest absolute Gasteiger partial charge is 0.247 e. The number of hydrogen-bond acceptors (Lipinski definition) is 4. The molecule has 2 rings (SSSR count). The van der Waals surface area contributed by atoms with Crippen molar-refractivity contribution in [3.63, 3.8) is 0 Å². The molecular weight excluding hydrogens is 288 g/mol. The quantitative estimate of drug-likeness (QED) is 0.832. The van der Waals surface area contributed by atoms with Gasteiger partial charge in [0.2, 0.25) is 11.8 Å². The highest BCUT2D eigenvalue weighted by Gasteiger charge is 2.35. The predicted molar refractivity (Wildman–Crippen MR) is 81.9 cm³/mol. The summed E-state index contributed by atoms with van der Waals surface area (Å²) in [6.07, 6.45) is 0.834. The highest BCUT2D eigenvalue weighted by atomic mass is 32.1. The topological polar surface area (TPSA) is 69.6 Å². The van der Waals surface area contributed by atoms with Crippen molar-refractivity contribution in [2.24, 2.45) is 5.92 Å². The van der Waals surface area contributed by atoms with Crippen LogP contribution in [0.3, 0.4) is 0 Å². The number of carbonyl (C=O) groups excluding carboxylic acids is 2. The Labute approximate surface area is 129 Å². The summed E-state index contributed by atoms with van der Waals surface area (Å²) in [7, 11) is 1.69. The van der Waals surface area contributed by atoms with E-state index >= 15 is 0 Å². The first-order valence-electron chi connectivity index (χ1n) is 7.16. The van der Waals surface area contributed by atoms with Gasteiger partial charge >= 0.3 is 0 Å². The minimum Gasteiger partial charge on any atom is -0.391 e. The van der Waals surface area contributed by atoms with Crippen LogP contribution in [0.2, 0.25) is 0 Å². The number of nitrogens with zero attached hydrogens (tertiary/aromatic N) is 1. The van der Waals surface area contributed by atoms with Crippen molar-refractivity contribution in [3.8, 4) is 0 Å². The Morgan fingerprint density at radius 1 is 1.52 bits per heavy atom. The second kappa shape index (κ2) is 6.58. The summed E-state index contributed by atoms with van der Waals surface area (Å²) >= 11 is 1.60. The summed E-state index contributed by atoms with van der Waals surface area (Å²) in [5.74, 6) is -0.370. The fourth-order valence-corrected chi connectivity index (χ4v) is 3.06. The molecule has 1 aromatic rings. The molecular formula is C15H22N2O3S. The van der Waals surface area contributed by atoms with Crippen molar-refractivity contribution in [1.82, 2.24) is 10.2 Å². The maximum absolute atomic E-state index is 12.5. The first-order chi connectivity index (χ1) is 9.90. The lowest BCUT2D eigenvalue weighted by atomic mass is 10.1. The summed E-state index contributed by atoms with van der Waals surface area (Å²) in [6.45, 7) is 4.02. The van der Waals surface area contributed by atoms with Crippen LogP contribution in [0.25, 0.3) is 0 Å². The number of nitrogens with one attached hydrogen (secondary N) is 1. The Balaban J connectivity index is 1.99. The molecule has 116 valence electrons. The lowest BCUT2D eigenvalue weighted by Gasteiger charge is -2.26. The molecule has 0 spiro atoms. The van der Waals surface area contributed by atoms with E-state index < -0.39 is 12.1 Å². The summed E-state index contributed by atoms with van der Waals surface area (Å²) in [5, 5.41) is 14.5. The van der Waals surface area contributed by atoms with Crippen LogP contribution in [-0.4, -0.2) is 41.0 Å². The highest BCUT2D eigenvalue weighted by Crippen LogP contribution is 2.29. The zero-order valence-corrected chi connectivity index (χ0v) is 13.4. The molecule has 0 aromatic carbocycles. The Morgan fingerprint density at radius 3 is 2.67 bits per heavy atom. The van der Waals surface area contributed by atoms with Gasteiger partial charge in [-0.2, -0.15) is 0 Å². The lowest BCUT2D eigenvalue weighted by molar-refractivity contribution is -0.139. The molecule has 21 heavy (non-hydrogen) atoms. The third-order valence-electron chi connectivity index (χ3n) is 3.72. The molecule has 1 aliphatic carbocycles. The van der Waals surface area contributed by atoms with Crippen molar-refractivity contribution in [3.05, 3.63) is 21.9 Å². The standard InChI is InChI=1S/C15H22N2O3S/c1-9-6-7-21-12(9)8-17(3)15(20)13(10(2)18)16-14(19)11-4-5-11/h6-7,10-11,13,18H,4-5,8H2,1-3H3,(H,16,19)/t10-,13+/m0/s1. The number of rotatable bonds is 6. The molecule has 1 aromatic heterocycles. The lowest BCUT2D eigenvalue weighted by Crippen LogP contribution is -2.53. The van der Waals surface area contributed by atoms with E-state index in [4.69, 9.17) is 0 Å². The Bertz CT molecular complexity index is 523. The Morgan fingerprint density at radius 2 is 2.19 bits per heavy atom. The van der Waals surface area contributed by atoms with Gasteiger partial charge < -0.3 is 15.3 Å². The minimum atomic E-state index is -0.910. The van der Waals surface area contributed by atoms with Gasteiger partial charge in [0.05, 0.1) is 12.6 Å². The molecule has 1 saturated carbocycles. The Hall–Kier alpha value is -1.40. The minimum absolute atomic E-state index is 0.0175. The third-order valence-corrected chi connectivity index (χ3v) is 4.73. The van der Waals surface area contributed by atoms with E-state index in [0.717, 1.165) is 23.3 Å². The van der Waals surface area contributed by atoms with Crippen LogP contribution in [0.5, 0.6) is 0 Å². The van der Waals surface area contributed by atoms with Crippen molar-refractivity contribution in [2.45, 2.75) is 45.4 Å². The SMILES string of the molecule is Cc1ccsc1CN(C)C(=O)[C@H](NC(=O)C1CC1)[C@H](C)O. The van der Waals surface area contributed by atoms with E-state index in [2.05, 4.69) is 5.32 Å². The van der Waals surface area contributed by atoms with Crippen LogP contribution in [0.1, 0.15) is 30.2 Å². The van der Waals surface area contributed by atoms with Crippen LogP contribution >= 0.6 is 11.3 Å². The molecule has 0 unspecified atom stereocenters. The van der Waals surface area contributed by atoms with Gasteiger partial charge in [-0.05, 0) is 43.7 Å². The normalized spacial score (nSPS) is 17.1. The maximum Gasteiger partial charge on any atom is 0.247 e. The molecule has 6 heteroatoms. The zero-order chi connectivity index (χ0) is 15.6. The van der Waals surface area contributed by atoms with E-state index in [1.165, 1.54) is 6.92 Å². The summed E-state index contributed by atoms with van der Waals surface area (Å²) < 4.78 is 0. The van der Waals surface area contributed by atoms with Crippen LogP contribution < -0.4 is 5.32 Å². The number of hydrogen-bond donors (Lipinski definition) is 2. The van der Waals surface area contributed by atoms with Gasteiger partial charge in [0, 0.05) is 17.8 Å². The summed E-state index contributed by atoms with van der Waals surface area (Å²) in [4.78, 5) is 27.0. The molecule has 1 fully saturated rings. The predicted octanol–water partition coefficient (Wildman–Crippen LogP) is 1.29. The number of aliphatic hydroxyl groups excluding tert-OH is 1. The molecule has 0 aliphatic heterocycles. The zero-order valence-electron chi connectivity index (χ0n) is 12.6. The second-order valence-corrected chi connectivity index (χ2v) is 6.72. The second-order valence-electron chi connectivity index (χ2n) is 5.72. The van der Waals surface area contributed by atoms with E-state index in [0.29, 0.717) is 6.54 Å². The first-order valence-corrected chi connectivity index (χ1v) is 8.04. The maximum atomic E-state index is 12.5. The number of likely N-dealkylation sites (N-methyl/N-ethyl adjacent to an activating group) is 1. The van der Waals surface area contributed by atoms with Gasteiger partial charge in [0.1, 0.15) is 6.04 Å². The first kappa shape index (κ1) is 16.0. The molecule has 1 heterocycles. The van der Waals surface area contributed by atoms with Crippen molar-refractivity contribution in [1.29, 1.82) is 0 Å².